The molecule has 3 N–H and O–H groups in total. The quantitative estimate of drug-likeness (QED) is 0.656. The molecule has 2 rings (SSSR count). The first-order valence-electron chi connectivity index (χ1n) is 4.55. The van der Waals surface area contributed by atoms with Crippen molar-refractivity contribution >= 4 is 11.9 Å². The highest BCUT2D eigenvalue weighted by Crippen LogP contribution is 2.23. The lowest BCUT2D eigenvalue weighted by molar-refractivity contribution is -0.137. The van der Waals surface area contributed by atoms with Gasteiger partial charge in [-0.15, -0.1) is 0 Å². The van der Waals surface area contributed by atoms with E-state index in [0.717, 1.165) is 5.56 Å². The number of carboxylic acids is 1. The highest BCUT2D eigenvalue weighted by Gasteiger charge is 2.25. The Morgan fingerprint density at radius 2 is 2.13 bits per heavy atom. The van der Waals surface area contributed by atoms with Crippen molar-refractivity contribution in [2.24, 2.45) is 0 Å². The fourth-order valence-corrected chi connectivity index (χ4v) is 1.64. The van der Waals surface area contributed by atoms with Gasteiger partial charge in [0.15, 0.2) is 0 Å². The average Bonchev–Trinajstić information content (AvgIpc) is 2.22. The smallest absolute Gasteiger partial charge is 0.305 e. The van der Waals surface area contributed by atoms with Gasteiger partial charge in [0.25, 0.3) is 5.91 Å². The summed E-state index contributed by atoms with van der Waals surface area (Å²) >= 11 is 0. The number of hydrogen-bond donors (Lipinski definition) is 3. The number of hydrogen-bond acceptors (Lipinski definition) is 3. The zero-order chi connectivity index (χ0) is 10.8. The van der Waals surface area contributed by atoms with Gasteiger partial charge in [0, 0.05) is 5.56 Å². The van der Waals surface area contributed by atoms with Crippen molar-refractivity contribution in [2.45, 2.75) is 12.5 Å². The van der Waals surface area contributed by atoms with Gasteiger partial charge in [0.05, 0.1) is 12.5 Å². The van der Waals surface area contributed by atoms with E-state index in [0.29, 0.717) is 5.56 Å². The maximum Gasteiger partial charge on any atom is 0.305 e. The second-order valence-electron chi connectivity index (χ2n) is 3.34. The minimum Gasteiger partial charge on any atom is -0.481 e. The van der Waals surface area contributed by atoms with Gasteiger partial charge in [-0.2, -0.15) is 0 Å². The van der Waals surface area contributed by atoms with E-state index in [2.05, 4.69) is 10.9 Å². The Labute approximate surface area is 86.1 Å². The molecule has 1 aromatic carbocycles. The van der Waals surface area contributed by atoms with Crippen molar-refractivity contribution in [2.75, 3.05) is 0 Å². The van der Waals surface area contributed by atoms with Crippen LogP contribution in [-0.4, -0.2) is 17.0 Å². The van der Waals surface area contributed by atoms with Crippen LogP contribution in [0.25, 0.3) is 0 Å². The lowest BCUT2D eigenvalue weighted by Crippen LogP contribution is -2.45. The molecule has 0 bridgehead atoms. The number of benzene rings is 1. The molecule has 1 aliphatic rings. The van der Waals surface area contributed by atoms with Gasteiger partial charge in [-0.3, -0.25) is 15.0 Å². The van der Waals surface area contributed by atoms with E-state index < -0.39 is 5.97 Å². The SMILES string of the molecule is O=C(O)CC1NNC(=O)c2ccccc21. The highest BCUT2D eigenvalue weighted by molar-refractivity contribution is 5.96. The van der Waals surface area contributed by atoms with Crippen molar-refractivity contribution < 1.29 is 14.7 Å². The van der Waals surface area contributed by atoms with Crippen LogP contribution in [0.15, 0.2) is 24.3 Å². The van der Waals surface area contributed by atoms with Gasteiger partial charge in [-0.25, -0.2) is 5.43 Å². The summed E-state index contributed by atoms with van der Waals surface area (Å²) in [5.74, 6) is -1.13. The van der Waals surface area contributed by atoms with E-state index in [1.54, 1.807) is 24.3 Å². The lowest BCUT2D eigenvalue weighted by Gasteiger charge is -2.25. The first-order chi connectivity index (χ1) is 7.18. The number of hydrazine groups is 1. The number of aliphatic carboxylic acids is 1. The van der Waals surface area contributed by atoms with E-state index in [4.69, 9.17) is 5.11 Å². The number of rotatable bonds is 2. The zero-order valence-corrected chi connectivity index (χ0v) is 7.86. The summed E-state index contributed by atoms with van der Waals surface area (Å²) in [6.45, 7) is 0. The second kappa shape index (κ2) is 3.70. The Balaban J connectivity index is 2.36. The molecule has 0 saturated heterocycles. The Hall–Kier alpha value is -1.88. The molecule has 0 radical (unpaired) electrons. The molecule has 1 atom stereocenters. The molecule has 78 valence electrons. The minimum atomic E-state index is -0.904. The van der Waals surface area contributed by atoms with Gasteiger partial charge in [-0.05, 0) is 11.6 Å². The fourth-order valence-electron chi connectivity index (χ4n) is 1.64. The molecule has 5 nitrogen and oxygen atoms in total. The van der Waals surface area contributed by atoms with Crippen LogP contribution in [0.5, 0.6) is 0 Å². The van der Waals surface area contributed by atoms with Gasteiger partial charge in [0.1, 0.15) is 0 Å². The third-order valence-corrected chi connectivity index (χ3v) is 2.32. The topological polar surface area (TPSA) is 78.4 Å². The third kappa shape index (κ3) is 1.82. The van der Waals surface area contributed by atoms with Crippen molar-refractivity contribution in [3.63, 3.8) is 0 Å². The number of nitrogens with one attached hydrogen (secondary N) is 2. The maximum absolute atomic E-state index is 11.4. The summed E-state index contributed by atoms with van der Waals surface area (Å²) in [7, 11) is 0. The Bertz CT molecular complexity index is 417. The van der Waals surface area contributed by atoms with Crippen molar-refractivity contribution in [1.82, 2.24) is 10.9 Å². The molecule has 15 heavy (non-hydrogen) atoms. The Kier molecular flexibility index (Phi) is 2.39. The first-order valence-corrected chi connectivity index (χ1v) is 4.55. The molecule has 0 saturated carbocycles. The van der Waals surface area contributed by atoms with Crippen LogP contribution in [0.1, 0.15) is 28.4 Å². The van der Waals surface area contributed by atoms with Gasteiger partial charge < -0.3 is 5.11 Å². The van der Waals surface area contributed by atoms with Crippen LogP contribution in [0.2, 0.25) is 0 Å². The summed E-state index contributed by atoms with van der Waals surface area (Å²) in [5.41, 5.74) is 6.37. The number of carboxylic acid groups (broad SMARTS) is 1. The zero-order valence-electron chi connectivity index (χ0n) is 7.86. The van der Waals surface area contributed by atoms with Crippen molar-refractivity contribution in [1.29, 1.82) is 0 Å². The van der Waals surface area contributed by atoms with Crippen LogP contribution in [0.3, 0.4) is 0 Å². The third-order valence-electron chi connectivity index (χ3n) is 2.32. The molecule has 0 aromatic heterocycles. The van der Waals surface area contributed by atoms with E-state index in [1.165, 1.54) is 0 Å². The molecule has 1 heterocycles. The summed E-state index contributed by atoms with van der Waals surface area (Å²) in [6.07, 6.45) is -0.0582. The molecule has 0 spiro atoms. The summed E-state index contributed by atoms with van der Waals surface area (Å²) < 4.78 is 0. The molecule has 0 fully saturated rings. The number of fused-ring (bicyclic) bond motifs is 1. The van der Waals surface area contributed by atoms with E-state index in [1.807, 2.05) is 0 Å². The van der Waals surface area contributed by atoms with Crippen LogP contribution in [0.4, 0.5) is 0 Å². The molecule has 5 heteroatoms. The molecular formula is C10H10N2O3. The monoisotopic (exact) mass is 206 g/mol. The van der Waals surface area contributed by atoms with Gasteiger partial charge in [-0.1, -0.05) is 18.2 Å². The lowest BCUT2D eigenvalue weighted by atomic mass is 9.96. The number of carbonyl (C=O) groups is 2. The maximum atomic E-state index is 11.4. The summed E-state index contributed by atoms with van der Waals surface area (Å²) in [4.78, 5) is 22.0. The molecule has 0 aliphatic carbocycles. The van der Waals surface area contributed by atoms with E-state index in [-0.39, 0.29) is 18.4 Å². The van der Waals surface area contributed by atoms with E-state index >= 15 is 0 Å². The second-order valence-corrected chi connectivity index (χ2v) is 3.34. The number of carbonyl (C=O) groups excluding carboxylic acids is 1. The summed E-state index contributed by atoms with van der Waals surface area (Å²) in [5, 5.41) is 8.70. The Morgan fingerprint density at radius 1 is 1.40 bits per heavy atom. The van der Waals surface area contributed by atoms with Crippen LogP contribution >= 0.6 is 0 Å². The van der Waals surface area contributed by atoms with Crippen LogP contribution < -0.4 is 10.9 Å². The molecule has 1 unspecified atom stereocenters. The van der Waals surface area contributed by atoms with Crippen LogP contribution in [0, 0.1) is 0 Å². The predicted octanol–water partition coefficient (Wildman–Crippen LogP) is 0.450. The molecular weight excluding hydrogens is 196 g/mol. The standard InChI is InChI=1S/C10H10N2O3/c13-9(14)5-8-6-3-1-2-4-7(6)10(15)12-11-8/h1-4,8,11H,5H2,(H,12,15)(H,13,14). The average molecular weight is 206 g/mol. The predicted molar refractivity (Wildman–Crippen MR) is 52.0 cm³/mol. The summed E-state index contributed by atoms with van der Waals surface area (Å²) in [6, 6.07) is 6.61. The highest BCUT2D eigenvalue weighted by atomic mass is 16.4. The number of amides is 1. The van der Waals surface area contributed by atoms with E-state index in [9.17, 15) is 9.59 Å². The normalized spacial score (nSPS) is 19.2. The van der Waals surface area contributed by atoms with Gasteiger partial charge in [0.2, 0.25) is 0 Å². The first kappa shape index (κ1) is 9.67. The minimum absolute atomic E-state index is 0.0582. The molecule has 1 aliphatic heterocycles. The van der Waals surface area contributed by atoms with Crippen molar-refractivity contribution in [3.8, 4) is 0 Å². The van der Waals surface area contributed by atoms with Gasteiger partial charge >= 0.3 is 5.97 Å². The fraction of sp³-hybridized carbons (Fsp3) is 0.200. The molecule has 1 amide bonds. The largest absolute Gasteiger partial charge is 0.481 e. The molecule has 1 aromatic rings. The Morgan fingerprint density at radius 3 is 2.87 bits per heavy atom. The van der Waals surface area contributed by atoms with Crippen LogP contribution in [-0.2, 0) is 4.79 Å². The van der Waals surface area contributed by atoms with Crippen molar-refractivity contribution in [3.05, 3.63) is 35.4 Å².